The highest BCUT2D eigenvalue weighted by atomic mass is 16.6. The van der Waals surface area contributed by atoms with E-state index in [4.69, 9.17) is 4.74 Å². The van der Waals surface area contributed by atoms with Crippen molar-refractivity contribution in [2.75, 3.05) is 26.2 Å². The predicted octanol–water partition coefficient (Wildman–Crippen LogP) is 2.56. The molecule has 124 valence electrons. The van der Waals surface area contributed by atoms with Crippen molar-refractivity contribution in [3.63, 3.8) is 0 Å². The van der Waals surface area contributed by atoms with Crippen LogP contribution < -0.4 is 5.32 Å². The molecule has 0 aromatic carbocycles. The van der Waals surface area contributed by atoms with E-state index in [0.29, 0.717) is 32.1 Å². The average Bonchev–Trinajstić information content (AvgIpc) is 3.27. The standard InChI is InChI=1S/C16H27N3O3/c1-12(13-5-6-13)11-17-14(20)18-7-9-19(10-8-18)15(21)22-16(2,3)4/h11,13H,5-10H2,1-4H3,(H,17,20)/b12-11+. The summed E-state index contributed by atoms with van der Waals surface area (Å²) in [4.78, 5) is 27.4. The van der Waals surface area contributed by atoms with E-state index in [1.54, 1.807) is 9.80 Å². The number of hydrogen-bond donors (Lipinski definition) is 1. The molecule has 6 nitrogen and oxygen atoms in total. The Morgan fingerprint density at radius 1 is 1.09 bits per heavy atom. The van der Waals surface area contributed by atoms with E-state index in [0.717, 1.165) is 0 Å². The smallest absolute Gasteiger partial charge is 0.410 e. The summed E-state index contributed by atoms with van der Waals surface area (Å²) in [5.74, 6) is 0.657. The van der Waals surface area contributed by atoms with Crippen LogP contribution in [-0.2, 0) is 4.74 Å². The van der Waals surface area contributed by atoms with Gasteiger partial charge in [0.2, 0.25) is 0 Å². The number of carbonyl (C=O) groups is 2. The Balaban J connectivity index is 1.75. The lowest BCUT2D eigenvalue weighted by Gasteiger charge is -2.35. The highest BCUT2D eigenvalue weighted by Gasteiger charge is 2.28. The minimum atomic E-state index is -0.489. The summed E-state index contributed by atoms with van der Waals surface area (Å²) in [6.45, 7) is 9.68. The van der Waals surface area contributed by atoms with Gasteiger partial charge in [-0.25, -0.2) is 9.59 Å². The molecule has 0 aromatic heterocycles. The zero-order valence-corrected chi connectivity index (χ0v) is 14.0. The van der Waals surface area contributed by atoms with Crippen LogP contribution in [0.15, 0.2) is 11.8 Å². The molecule has 2 fully saturated rings. The first-order chi connectivity index (χ1) is 10.3. The van der Waals surface area contributed by atoms with Crippen molar-refractivity contribution < 1.29 is 14.3 Å². The summed E-state index contributed by atoms with van der Waals surface area (Å²) in [5, 5.41) is 2.85. The third kappa shape index (κ3) is 4.93. The minimum Gasteiger partial charge on any atom is -0.444 e. The molecule has 1 N–H and O–H groups in total. The SMILES string of the molecule is C/C(=C\NC(=O)N1CCN(C(=O)OC(C)(C)C)CC1)C1CC1. The molecule has 1 aliphatic heterocycles. The van der Waals surface area contributed by atoms with Gasteiger partial charge in [0.1, 0.15) is 5.60 Å². The summed E-state index contributed by atoms with van der Waals surface area (Å²) < 4.78 is 5.34. The van der Waals surface area contributed by atoms with Crippen molar-refractivity contribution in [2.24, 2.45) is 5.92 Å². The van der Waals surface area contributed by atoms with E-state index in [2.05, 4.69) is 12.2 Å². The molecule has 2 aliphatic rings. The van der Waals surface area contributed by atoms with Gasteiger partial charge in [0.05, 0.1) is 0 Å². The van der Waals surface area contributed by atoms with Crippen LogP contribution >= 0.6 is 0 Å². The first-order valence-corrected chi connectivity index (χ1v) is 7.96. The molecule has 1 heterocycles. The molecule has 0 radical (unpaired) electrons. The fourth-order valence-electron chi connectivity index (χ4n) is 2.34. The molecule has 1 aliphatic carbocycles. The number of nitrogens with one attached hydrogen (secondary N) is 1. The van der Waals surface area contributed by atoms with Crippen molar-refractivity contribution in [3.05, 3.63) is 11.8 Å². The topological polar surface area (TPSA) is 61.9 Å². The lowest BCUT2D eigenvalue weighted by Crippen LogP contribution is -2.53. The second-order valence-electron chi connectivity index (χ2n) is 7.07. The van der Waals surface area contributed by atoms with Crippen LogP contribution in [0.2, 0.25) is 0 Å². The Morgan fingerprint density at radius 3 is 2.14 bits per heavy atom. The largest absolute Gasteiger partial charge is 0.444 e. The lowest BCUT2D eigenvalue weighted by molar-refractivity contribution is 0.0171. The molecule has 2 rings (SSSR count). The molecule has 0 bridgehead atoms. The summed E-state index contributed by atoms with van der Waals surface area (Å²) >= 11 is 0. The molecular weight excluding hydrogens is 282 g/mol. The number of nitrogens with zero attached hydrogens (tertiary/aromatic N) is 2. The van der Waals surface area contributed by atoms with Crippen LogP contribution in [-0.4, -0.2) is 53.7 Å². The van der Waals surface area contributed by atoms with Crippen LogP contribution in [0, 0.1) is 5.92 Å². The number of carbonyl (C=O) groups excluding carboxylic acids is 2. The van der Waals surface area contributed by atoms with Crippen molar-refractivity contribution in [3.8, 4) is 0 Å². The van der Waals surface area contributed by atoms with Gasteiger partial charge in [-0.1, -0.05) is 5.57 Å². The minimum absolute atomic E-state index is 0.0937. The third-order valence-corrected chi connectivity index (χ3v) is 3.86. The zero-order chi connectivity index (χ0) is 16.3. The first kappa shape index (κ1) is 16.6. The normalized spacial score (nSPS) is 19.9. The number of rotatable bonds is 2. The second kappa shape index (κ2) is 6.58. The van der Waals surface area contributed by atoms with Crippen molar-refractivity contribution >= 4 is 12.1 Å². The highest BCUT2D eigenvalue weighted by molar-refractivity contribution is 5.76. The molecule has 0 aromatic rings. The van der Waals surface area contributed by atoms with E-state index in [9.17, 15) is 9.59 Å². The Kier molecular flexibility index (Phi) is 4.98. The molecule has 0 unspecified atom stereocenters. The summed E-state index contributed by atoms with van der Waals surface area (Å²) in [6, 6.07) is -0.0937. The van der Waals surface area contributed by atoms with Gasteiger partial charge >= 0.3 is 12.1 Å². The number of urea groups is 1. The maximum Gasteiger partial charge on any atom is 0.410 e. The van der Waals surface area contributed by atoms with Crippen LogP contribution in [0.25, 0.3) is 0 Å². The van der Waals surface area contributed by atoms with Gasteiger partial charge in [-0.3, -0.25) is 0 Å². The Bertz CT molecular complexity index is 456. The van der Waals surface area contributed by atoms with Gasteiger partial charge in [-0.15, -0.1) is 0 Å². The van der Waals surface area contributed by atoms with Gasteiger partial charge < -0.3 is 19.9 Å². The molecule has 1 saturated heterocycles. The molecule has 22 heavy (non-hydrogen) atoms. The Labute approximate surface area is 132 Å². The van der Waals surface area contributed by atoms with E-state index in [-0.39, 0.29) is 12.1 Å². The predicted molar refractivity (Wildman–Crippen MR) is 84.4 cm³/mol. The monoisotopic (exact) mass is 309 g/mol. The molecule has 0 atom stereocenters. The van der Waals surface area contributed by atoms with Gasteiger partial charge in [0.15, 0.2) is 0 Å². The van der Waals surface area contributed by atoms with E-state index in [1.165, 1.54) is 18.4 Å². The van der Waals surface area contributed by atoms with E-state index >= 15 is 0 Å². The van der Waals surface area contributed by atoms with Gasteiger partial charge in [0, 0.05) is 32.4 Å². The quantitative estimate of drug-likeness (QED) is 0.852. The third-order valence-electron chi connectivity index (χ3n) is 3.86. The maximum atomic E-state index is 12.1. The summed E-state index contributed by atoms with van der Waals surface area (Å²) in [6.07, 6.45) is 3.97. The number of piperazine rings is 1. The number of hydrogen-bond acceptors (Lipinski definition) is 3. The molecule has 1 saturated carbocycles. The molecular formula is C16H27N3O3. The average molecular weight is 309 g/mol. The van der Waals surface area contributed by atoms with Gasteiger partial charge in [-0.05, 0) is 46.5 Å². The van der Waals surface area contributed by atoms with Gasteiger partial charge in [-0.2, -0.15) is 0 Å². The number of amides is 3. The van der Waals surface area contributed by atoms with Gasteiger partial charge in [0.25, 0.3) is 0 Å². The van der Waals surface area contributed by atoms with Crippen LogP contribution in [0.3, 0.4) is 0 Å². The Morgan fingerprint density at radius 2 is 1.64 bits per heavy atom. The van der Waals surface area contributed by atoms with Crippen LogP contribution in [0.4, 0.5) is 9.59 Å². The summed E-state index contributed by atoms with van der Waals surface area (Å²) in [5.41, 5.74) is 0.747. The van der Waals surface area contributed by atoms with Crippen molar-refractivity contribution in [1.29, 1.82) is 0 Å². The molecule has 0 spiro atoms. The molecule has 6 heteroatoms. The molecule has 3 amide bonds. The lowest BCUT2D eigenvalue weighted by atomic mass is 10.2. The zero-order valence-electron chi connectivity index (χ0n) is 14.0. The Hall–Kier alpha value is -1.72. The number of allylic oxidation sites excluding steroid dienone is 1. The fraction of sp³-hybridized carbons (Fsp3) is 0.750. The van der Waals surface area contributed by atoms with E-state index in [1.807, 2.05) is 27.0 Å². The number of ether oxygens (including phenoxy) is 1. The van der Waals surface area contributed by atoms with Crippen molar-refractivity contribution in [2.45, 2.75) is 46.1 Å². The second-order valence-corrected chi connectivity index (χ2v) is 7.07. The van der Waals surface area contributed by atoms with Crippen LogP contribution in [0.1, 0.15) is 40.5 Å². The maximum absolute atomic E-state index is 12.1. The summed E-state index contributed by atoms with van der Waals surface area (Å²) in [7, 11) is 0. The van der Waals surface area contributed by atoms with Crippen molar-refractivity contribution in [1.82, 2.24) is 15.1 Å². The van der Waals surface area contributed by atoms with Crippen LogP contribution in [0.5, 0.6) is 0 Å². The van der Waals surface area contributed by atoms with E-state index < -0.39 is 5.60 Å². The highest BCUT2D eigenvalue weighted by Crippen LogP contribution is 2.35. The first-order valence-electron chi connectivity index (χ1n) is 7.96. The fourth-order valence-corrected chi connectivity index (χ4v) is 2.34.